The largest absolute Gasteiger partial charge is 0.508 e. The molecule has 4 unspecified atom stereocenters. The number of allylic oxidation sites excluding steroid dienone is 6. The third kappa shape index (κ3) is 4.28. The number of benzene rings is 3. The van der Waals surface area contributed by atoms with Crippen molar-refractivity contribution in [3.05, 3.63) is 129 Å². The first kappa shape index (κ1) is 27.2. The molecule has 3 aliphatic carbocycles. The number of phenols is 1. The van der Waals surface area contributed by atoms with Crippen molar-refractivity contribution in [1.29, 1.82) is 0 Å². The first-order valence-corrected chi connectivity index (χ1v) is 14.8. The molecule has 0 bridgehead atoms. The Hall–Kier alpha value is -4.69. The second-order valence-corrected chi connectivity index (χ2v) is 12.1. The van der Waals surface area contributed by atoms with E-state index in [1.54, 1.807) is 66.7 Å². The van der Waals surface area contributed by atoms with Gasteiger partial charge in [-0.2, -0.15) is 0 Å². The number of aromatic hydroxyl groups is 1. The quantitative estimate of drug-likeness (QED) is 0.174. The van der Waals surface area contributed by atoms with Crippen LogP contribution < -0.4 is 4.90 Å². The topological polar surface area (TPSA) is 109 Å². The number of carbonyl (C=O) groups excluding carboxylic acids is 5. The minimum absolute atomic E-state index is 0.0230. The molecule has 7 rings (SSSR count). The second-order valence-electron chi connectivity index (χ2n) is 11.2. The number of ketones is 3. The smallest absolute Gasteiger partial charge is 0.238 e. The molecule has 212 valence electrons. The van der Waals surface area contributed by atoms with E-state index in [0.717, 1.165) is 5.57 Å². The highest BCUT2D eigenvalue weighted by atomic mass is 79.9. The van der Waals surface area contributed by atoms with Crippen molar-refractivity contribution in [2.75, 3.05) is 4.90 Å². The number of phenolic OH excluding ortho intramolecular Hbond substituents is 1. The molecule has 7 nitrogen and oxygen atoms in total. The summed E-state index contributed by atoms with van der Waals surface area (Å²) in [5, 5.41) is 10.3. The summed E-state index contributed by atoms with van der Waals surface area (Å²) in [7, 11) is 0. The fraction of sp³-hybridized carbons (Fsp3) is 0.171. The van der Waals surface area contributed by atoms with Crippen LogP contribution in [0.5, 0.6) is 5.75 Å². The Morgan fingerprint density at radius 1 is 0.837 bits per heavy atom. The summed E-state index contributed by atoms with van der Waals surface area (Å²) in [5.41, 5.74) is 3.50. The SMILES string of the molecule is O=C1C=C(Br)C(=O)C2=C1C(c1cccc(O)c1)C1=CCC3C(=O)N(c4ccc(C(=O)c5ccccc5)cc4)C(=O)C3C1C2. The summed E-state index contributed by atoms with van der Waals surface area (Å²) in [6.07, 6.45) is 3.68. The van der Waals surface area contributed by atoms with Gasteiger partial charge in [-0.15, -0.1) is 0 Å². The summed E-state index contributed by atoms with van der Waals surface area (Å²) >= 11 is 3.23. The lowest BCUT2D eigenvalue weighted by atomic mass is 9.59. The second kappa shape index (κ2) is 10.2. The molecule has 0 radical (unpaired) electrons. The van der Waals surface area contributed by atoms with Gasteiger partial charge in [0.05, 0.1) is 22.0 Å². The van der Waals surface area contributed by atoms with Crippen LogP contribution in [-0.2, 0) is 19.2 Å². The van der Waals surface area contributed by atoms with E-state index in [0.29, 0.717) is 39.9 Å². The van der Waals surface area contributed by atoms with E-state index in [1.807, 2.05) is 12.1 Å². The summed E-state index contributed by atoms with van der Waals surface area (Å²) in [6, 6.07) is 21.9. The Kier molecular flexibility index (Phi) is 6.47. The molecular formula is C35H24BrNO6. The molecule has 1 heterocycles. The number of nitrogens with zero attached hydrogens (tertiary/aromatic N) is 1. The van der Waals surface area contributed by atoms with Gasteiger partial charge < -0.3 is 5.11 Å². The van der Waals surface area contributed by atoms with E-state index in [-0.39, 0.29) is 45.8 Å². The van der Waals surface area contributed by atoms with E-state index in [2.05, 4.69) is 15.9 Å². The molecule has 1 N–H and O–H groups in total. The van der Waals surface area contributed by atoms with E-state index in [4.69, 9.17) is 0 Å². The molecule has 2 amide bonds. The van der Waals surface area contributed by atoms with Gasteiger partial charge in [0, 0.05) is 34.3 Å². The monoisotopic (exact) mass is 633 g/mol. The van der Waals surface area contributed by atoms with Crippen molar-refractivity contribution in [3.8, 4) is 5.75 Å². The van der Waals surface area contributed by atoms with Gasteiger partial charge in [-0.3, -0.25) is 28.9 Å². The number of anilines is 1. The van der Waals surface area contributed by atoms with Crippen LogP contribution >= 0.6 is 15.9 Å². The minimum atomic E-state index is -0.723. The molecule has 8 heteroatoms. The predicted octanol–water partition coefficient (Wildman–Crippen LogP) is 5.59. The van der Waals surface area contributed by atoms with Crippen molar-refractivity contribution < 1.29 is 29.1 Å². The molecular weight excluding hydrogens is 610 g/mol. The van der Waals surface area contributed by atoms with Crippen molar-refractivity contribution in [2.24, 2.45) is 17.8 Å². The average molecular weight is 634 g/mol. The van der Waals surface area contributed by atoms with Crippen LogP contribution in [0.1, 0.15) is 40.2 Å². The van der Waals surface area contributed by atoms with Crippen LogP contribution in [0.15, 0.2) is 112 Å². The molecule has 1 fully saturated rings. The standard InChI is InChI=1S/C35H24BrNO6/c36-27-17-28(39)31-26(33(27)41)16-25-23(29(31)20-7-4-8-22(38)15-20)13-14-24-30(25)35(43)37(34(24)42)21-11-9-19(10-12-21)32(40)18-5-2-1-3-6-18/h1-13,15,17,24-25,29-30,38H,14,16H2. The number of carbonyl (C=O) groups is 5. The number of hydrogen-bond acceptors (Lipinski definition) is 6. The van der Waals surface area contributed by atoms with Crippen molar-refractivity contribution in [3.63, 3.8) is 0 Å². The maximum atomic E-state index is 14.1. The van der Waals surface area contributed by atoms with Crippen molar-refractivity contribution in [1.82, 2.24) is 0 Å². The zero-order chi connectivity index (χ0) is 30.0. The Balaban J connectivity index is 1.25. The number of hydrogen-bond donors (Lipinski definition) is 1. The Morgan fingerprint density at radius 3 is 2.28 bits per heavy atom. The van der Waals surface area contributed by atoms with Crippen LogP contribution in [0, 0.1) is 17.8 Å². The highest BCUT2D eigenvalue weighted by Gasteiger charge is 2.56. The van der Waals surface area contributed by atoms with Gasteiger partial charge >= 0.3 is 0 Å². The van der Waals surface area contributed by atoms with Crippen LogP contribution in [0.3, 0.4) is 0 Å². The summed E-state index contributed by atoms with van der Waals surface area (Å²) in [6.45, 7) is 0. The summed E-state index contributed by atoms with van der Waals surface area (Å²) in [4.78, 5) is 68.6. The summed E-state index contributed by atoms with van der Waals surface area (Å²) < 4.78 is 0.159. The van der Waals surface area contributed by atoms with Gasteiger partial charge in [-0.05, 0) is 76.7 Å². The molecule has 4 aliphatic rings. The zero-order valence-corrected chi connectivity index (χ0v) is 24.3. The van der Waals surface area contributed by atoms with Crippen molar-refractivity contribution in [2.45, 2.75) is 18.8 Å². The van der Waals surface area contributed by atoms with Gasteiger partial charge in [-0.1, -0.05) is 54.1 Å². The average Bonchev–Trinajstić information content (AvgIpc) is 3.28. The van der Waals surface area contributed by atoms with Crippen LogP contribution in [0.25, 0.3) is 0 Å². The third-order valence-electron chi connectivity index (χ3n) is 8.96. The minimum Gasteiger partial charge on any atom is -0.508 e. The van der Waals surface area contributed by atoms with E-state index in [1.165, 1.54) is 17.0 Å². The molecule has 0 aromatic heterocycles. The normalized spacial score (nSPS) is 24.7. The summed E-state index contributed by atoms with van der Waals surface area (Å²) in [5.74, 6) is -3.89. The number of imide groups is 1. The van der Waals surface area contributed by atoms with E-state index in [9.17, 15) is 29.1 Å². The van der Waals surface area contributed by atoms with E-state index >= 15 is 0 Å². The lowest BCUT2D eigenvalue weighted by Gasteiger charge is -2.42. The molecule has 3 aromatic rings. The van der Waals surface area contributed by atoms with Gasteiger partial charge in [-0.25, -0.2) is 0 Å². The molecule has 0 spiro atoms. The molecule has 43 heavy (non-hydrogen) atoms. The molecule has 0 saturated carbocycles. The Labute approximate surface area is 255 Å². The molecule has 3 aromatic carbocycles. The highest BCUT2D eigenvalue weighted by molar-refractivity contribution is 9.12. The lowest BCUT2D eigenvalue weighted by Crippen LogP contribution is -2.39. The number of amides is 2. The number of rotatable bonds is 4. The predicted molar refractivity (Wildman–Crippen MR) is 161 cm³/mol. The van der Waals surface area contributed by atoms with Crippen LogP contribution in [0.4, 0.5) is 5.69 Å². The highest BCUT2D eigenvalue weighted by Crippen LogP contribution is 2.55. The maximum absolute atomic E-state index is 14.1. The zero-order valence-electron chi connectivity index (χ0n) is 22.7. The van der Waals surface area contributed by atoms with Crippen LogP contribution in [0.2, 0.25) is 0 Å². The van der Waals surface area contributed by atoms with E-state index < -0.39 is 23.7 Å². The van der Waals surface area contributed by atoms with Gasteiger partial charge in [0.2, 0.25) is 11.8 Å². The van der Waals surface area contributed by atoms with Crippen LogP contribution in [-0.4, -0.2) is 34.3 Å². The number of halogens is 1. The Bertz CT molecular complexity index is 1850. The first-order chi connectivity index (χ1) is 20.7. The Morgan fingerprint density at radius 2 is 1.56 bits per heavy atom. The third-order valence-corrected chi connectivity index (χ3v) is 9.55. The fourth-order valence-electron chi connectivity index (χ4n) is 7.06. The lowest BCUT2D eigenvalue weighted by molar-refractivity contribution is -0.123. The van der Waals surface area contributed by atoms with Crippen molar-refractivity contribution >= 4 is 50.8 Å². The van der Waals surface area contributed by atoms with Gasteiger partial charge in [0.1, 0.15) is 5.75 Å². The molecule has 4 atom stereocenters. The number of Topliss-reactive ketones (excluding diaryl/α,β-unsaturated/α-hetero) is 1. The maximum Gasteiger partial charge on any atom is 0.238 e. The first-order valence-electron chi connectivity index (χ1n) is 14.0. The fourth-order valence-corrected chi connectivity index (χ4v) is 7.51. The van der Waals surface area contributed by atoms with Gasteiger partial charge in [0.15, 0.2) is 17.3 Å². The number of fused-ring (bicyclic) bond motifs is 3. The van der Waals surface area contributed by atoms with Gasteiger partial charge in [0.25, 0.3) is 0 Å². The molecule has 1 aliphatic heterocycles. The molecule has 1 saturated heterocycles.